The second kappa shape index (κ2) is 13.1. The molecule has 220 valence electrons. The SMILES string of the molecule is COc1cccc([C@](O)(C(=O)N2CCC(CCCC(C)Oc3ccc(C(=O)N(C)C)c(Cl)c3)CC2)C(F)(F)F)c1. The summed E-state index contributed by atoms with van der Waals surface area (Å²) in [6.07, 6.45) is -1.80. The summed E-state index contributed by atoms with van der Waals surface area (Å²) in [6, 6.07) is 9.83. The Bertz CT molecular complexity index is 1180. The number of methoxy groups -OCH3 is 1. The molecule has 2 amide bonds. The van der Waals surface area contributed by atoms with Gasteiger partial charge in [-0.3, -0.25) is 9.59 Å². The van der Waals surface area contributed by atoms with Crippen LogP contribution in [-0.2, 0) is 10.4 Å². The quantitative estimate of drug-likeness (QED) is 0.389. The Hall–Kier alpha value is -2.98. The molecule has 1 saturated heterocycles. The Balaban J connectivity index is 1.51. The normalized spacial score (nSPS) is 16.7. The summed E-state index contributed by atoms with van der Waals surface area (Å²) in [5.74, 6) is -0.638. The predicted molar refractivity (Wildman–Crippen MR) is 146 cm³/mol. The van der Waals surface area contributed by atoms with E-state index in [1.807, 2.05) is 6.92 Å². The summed E-state index contributed by atoms with van der Waals surface area (Å²) in [7, 11) is 4.60. The standard InChI is InChI=1S/C29H36ClF3N2O5/c1-19(40-23-11-12-24(25(30)18-23)26(36)34(2)3)7-5-8-20-13-15-35(16-14-20)27(37)28(38,29(31,32)33)21-9-6-10-22(17-21)39-4/h6,9-12,17-20,38H,5,7-8,13-16H2,1-4H3/t19?,28-/m0/s1. The molecular formula is C29H36ClF3N2O5. The van der Waals surface area contributed by atoms with Crippen molar-refractivity contribution in [3.63, 3.8) is 0 Å². The van der Waals surface area contributed by atoms with Crippen molar-refractivity contribution < 1.29 is 37.3 Å². The highest BCUT2D eigenvalue weighted by Crippen LogP contribution is 2.42. The highest BCUT2D eigenvalue weighted by molar-refractivity contribution is 6.34. The maximum absolute atomic E-state index is 14.0. The monoisotopic (exact) mass is 584 g/mol. The van der Waals surface area contributed by atoms with Crippen LogP contribution in [0.1, 0.15) is 54.9 Å². The number of rotatable bonds is 10. The molecule has 0 radical (unpaired) electrons. The van der Waals surface area contributed by atoms with Crippen molar-refractivity contribution in [1.82, 2.24) is 9.80 Å². The lowest BCUT2D eigenvalue weighted by Gasteiger charge is -2.38. The molecular weight excluding hydrogens is 549 g/mol. The van der Waals surface area contributed by atoms with Gasteiger partial charge in [0.05, 0.1) is 23.8 Å². The van der Waals surface area contributed by atoms with Crippen LogP contribution in [0.3, 0.4) is 0 Å². The first kappa shape index (κ1) is 31.5. The summed E-state index contributed by atoms with van der Waals surface area (Å²) in [5, 5.41) is 11.0. The molecule has 3 rings (SSSR count). The molecule has 1 fully saturated rings. The van der Waals surface area contributed by atoms with Gasteiger partial charge in [0.25, 0.3) is 17.4 Å². The summed E-state index contributed by atoms with van der Waals surface area (Å²) < 4.78 is 53.1. The summed E-state index contributed by atoms with van der Waals surface area (Å²) in [4.78, 5) is 27.7. The van der Waals surface area contributed by atoms with Crippen molar-refractivity contribution in [2.45, 2.75) is 56.9 Å². The molecule has 0 aromatic heterocycles. The van der Waals surface area contributed by atoms with Crippen molar-refractivity contribution >= 4 is 23.4 Å². The lowest BCUT2D eigenvalue weighted by molar-refractivity contribution is -0.262. The Morgan fingerprint density at radius 3 is 2.38 bits per heavy atom. The minimum absolute atomic E-state index is 0.113. The van der Waals surface area contributed by atoms with E-state index in [1.165, 1.54) is 24.1 Å². The Morgan fingerprint density at radius 1 is 1.12 bits per heavy atom. The van der Waals surface area contributed by atoms with Crippen LogP contribution in [0, 0.1) is 5.92 Å². The largest absolute Gasteiger partial charge is 0.497 e. The molecule has 7 nitrogen and oxygen atoms in total. The first-order chi connectivity index (χ1) is 18.8. The van der Waals surface area contributed by atoms with Crippen molar-refractivity contribution in [1.29, 1.82) is 0 Å². The number of alkyl halides is 3. The Morgan fingerprint density at radius 2 is 1.80 bits per heavy atom. The van der Waals surface area contributed by atoms with Gasteiger partial charge in [-0.05, 0) is 68.9 Å². The van der Waals surface area contributed by atoms with Crippen LogP contribution in [0.25, 0.3) is 0 Å². The average Bonchev–Trinajstić information content (AvgIpc) is 2.91. The van der Waals surface area contributed by atoms with Crippen LogP contribution in [0.5, 0.6) is 11.5 Å². The van der Waals surface area contributed by atoms with E-state index >= 15 is 0 Å². The molecule has 1 aliphatic heterocycles. The Kier molecular flexibility index (Phi) is 10.3. The van der Waals surface area contributed by atoms with E-state index in [0.717, 1.165) is 36.3 Å². The number of halogens is 4. The van der Waals surface area contributed by atoms with E-state index in [1.54, 1.807) is 32.3 Å². The van der Waals surface area contributed by atoms with Crippen molar-refractivity contribution in [2.24, 2.45) is 5.92 Å². The maximum Gasteiger partial charge on any atom is 0.430 e. The van der Waals surface area contributed by atoms with E-state index in [4.69, 9.17) is 21.1 Å². The molecule has 2 aromatic rings. The molecule has 1 aliphatic rings. The number of ether oxygens (including phenoxy) is 2. The molecule has 1 unspecified atom stereocenters. The number of benzene rings is 2. The van der Waals surface area contributed by atoms with Gasteiger partial charge in [0.2, 0.25) is 0 Å². The zero-order chi connectivity index (χ0) is 29.7. The van der Waals surface area contributed by atoms with Crippen LogP contribution >= 0.6 is 11.6 Å². The number of hydrogen-bond donors (Lipinski definition) is 1. The van der Waals surface area contributed by atoms with Gasteiger partial charge >= 0.3 is 6.18 Å². The number of amides is 2. The van der Waals surface area contributed by atoms with Crippen LogP contribution in [0.2, 0.25) is 5.02 Å². The zero-order valence-corrected chi connectivity index (χ0v) is 23.9. The van der Waals surface area contributed by atoms with Crippen LogP contribution < -0.4 is 9.47 Å². The van der Waals surface area contributed by atoms with Gasteiger partial charge in [0.1, 0.15) is 11.5 Å². The van der Waals surface area contributed by atoms with Crippen LogP contribution in [0.4, 0.5) is 13.2 Å². The fourth-order valence-electron chi connectivity index (χ4n) is 4.88. The summed E-state index contributed by atoms with van der Waals surface area (Å²) in [5.41, 5.74) is -3.82. The third-order valence-corrected chi connectivity index (χ3v) is 7.56. The minimum atomic E-state index is -5.20. The van der Waals surface area contributed by atoms with Crippen molar-refractivity contribution in [3.8, 4) is 11.5 Å². The van der Waals surface area contributed by atoms with Gasteiger partial charge in [0, 0.05) is 32.7 Å². The molecule has 0 aliphatic carbocycles. The minimum Gasteiger partial charge on any atom is -0.497 e. The first-order valence-corrected chi connectivity index (χ1v) is 13.6. The first-order valence-electron chi connectivity index (χ1n) is 13.2. The van der Waals surface area contributed by atoms with Gasteiger partial charge < -0.3 is 24.4 Å². The third kappa shape index (κ3) is 7.20. The van der Waals surface area contributed by atoms with Gasteiger partial charge in [-0.1, -0.05) is 30.2 Å². The molecule has 1 heterocycles. The molecule has 0 bridgehead atoms. The van der Waals surface area contributed by atoms with E-state index < -0.39 is 23.2 Å². The molecule has 11 heteroatoms. The van der Waals surface area contributed by atoms with Gasteiger partial charge in [-0.25, -0.2) is 0 Å². The van der Waals surface area contributed by atoms with E-state index in [9.17, 15) is 27.9 Å². The van der Waals surface area contributed by atoms with E-state index in [2.05, 4.69) is 0 Å². The highest BCUT2D eigenvalue weighted by Gasteiger charge is 2.62. The molecule has 2 aromatic carbocycles. The number of carbonyl (C=O) groups is 2. The van der Waals surface area contributed by atoms with Crippen molar-refractivity contribution in [3.05, 3.63) is 58.6 Å². The van der Waals surface area contributed by atoms with Gasteiger partial charge in [-0.2, -0.15) is 13.2 Å². The molecule has 0 saturated carbocycles. The van der Waals surface area contributed by atoms with Crippen LogP contribution in [-0.4, -0.2) is 73.3 Å². The lowest BCUT2D eigenvalue weighted by atomic mass is 9.87. The van der Waals surface area contributed by atoms with E-state index in [-0.39, 0.29) is 36.8 Å². The lowest BCUT2D eigenvalue weighted by Crippen LogP contribution is -2.57. The average molecular weight is 585 g/mol. The number of likely N-dealkylation sites (tertiary alicyclic amines) is 1. The fraction of sp³-hybridized carbons (Fsp3) is 0.517. The predicted octanol–water partition coefficient (Wildman–Crippen LogP) is 5.68. The third-order valence-electron chi connectivity index (χ3n) is 7.25. The van der Waals surface area contributed by atoms with Gasteiger partial charge in [-0.15, -0.1) is 0 Å². The molecule has 2 atom stereocenters. The molecule has 0 spiro atoms. The smallest absolute Gasteiger partial charge is 0.430 e. The maximum atomic E-state index is 14.0. The fourth-order valence-corrected chi connectivity index (χ4v) is 5.13. The number of hydrogen-bond acceptors (Lipinski definition) is 5. The Labute approximate surface area is 237 Å². The zero-order valence-electron chi connectivity index (χ0n) is 23.1. The summed E-state index contributed by atoms with van der Waals surface area (Å²) in [6.45, 7) is 2.20. The number of carbonyl (C=O) groups excluding carboxylic acids is 2. The van der Waals surface area contributed by atoms with Crippen molar-refractivity contribution in [2.75, 3.05) is 34.3 Å². The topological polar surface area (TPSA) is 79.3 Å². The molecule has 1 N–H and O–H groups in total. The summed E-state index contributed by atoms with van der Waals surface area (Å²) >= 11 is 6.25. The second-order valence-electron chi connectivity index (χ2n) is 10.4. The second-order valence-corrected chi connectivity index (χ2v) is 10.8. The van der Waals surface area contributed by atoms with Crippen LogP contribution in [0.15, 0.2) is 42.5 Å². The van der Waals surface area contributed by atoms with Gasteiger partial charge in [0.15, 0.2) is 0 Å². The molecule has 40 heavy (non-hydrogen) atoms. The van der Waals surface area contributed by atoms with E-state index in [0.29, 0.717) is 29.2 Å². The highest BCUT2D eigenvalue weighted by atomic mass is 35.5. The number of aliphatic hydroxyl groups is 1. The number of piperidine rings is 1. The number of nitrogens with zero attached hydrogens (tertiary/aromatic N) is 2.